The van der Waals surface area contributed by atoms with Crippen LogP contribution in [-0.2, 0) is 14.6 Å². The van der Waals surface area contributed by atoms with Gasteiger partial charge in [-0.1, -0.05) is 6.42 Å². The highest BCUT2D eigenvalue weighted by Crippen LogP contribution is 2.46. The Labute approximate surface area is 166 Å². The summed E-state index contributed by atoms with van der Waals surface area (Å²) in [6, 6.07) is 4.92. The highest BCUT2D eigenvalue weighted by atomic mass is 32.2. The maximum Gasteiger partial charge on any atom is 0.251 e. The number of likely N-dealkylation sites (N-methyl/N-ethyl adjacent to an activating group) is 1. The summed E-state index contributed by atoms with van der Waals surface area (Å²) in [5.74, 6) is 1.02. The Hall–Kier alpha value is -1.96. The van der Waals surface area contributed by atoms with Crippen molar-refractivity contribution in [1.29, 1.82) is 0 Å². The average Bonchev–Trinajstić information content (AvgIpc) is 3.19. The minimum absolute atomic E-state index is 0.0497. The molecule has 1 aromatic rings. The van der Waals surface area contributed by atoms with E-state index in [0.717, 1.165) is 37.1 Å². The summed E-state index contributed by atoms with van der Waals surface area (Å²) in [4.78, 5) is 14.3. The van der Waals surface area contributed by atoms with Crippen molar-refractivity contribution < 1.29 is 22.7 Å². The van der Waals surface area contributed by atoms with Crippen LogP contribution >= 0.6 is 0 Å². The fourth-order valence-electron chi connectivity index (χ4n) is 4.36. The maximum atomic E-state index is 12.7. The lowest BCUT2D eigenvalue weighted by Crippen LogP contribution is -2.45. The smallest absolute Gasteiger partial charge is 0.251 e. The minimum atomic E-state index is -3.02. The number of fused-ring (bicyclic) bond motifs is 1. The van der Waals surface area contributed by atoms with Crippen LogP contribution in [0.1, 0.15) is 45.4 Å². The fourth-order valence-corrected chi connectivity index (χ4v) is 6.13. The molecule has 0 unspecified atom stereocenters. The second-order valence-electron chi connectivity index (χ2n) is 8.21. The maximum absolute atomic E-state index is 12.7. The van der Waals surface area contributed by atoms with Crippen LogP contribution in [0.25, 0.3) is 0 Å². The van der Waals surface area contributed by atoms with Gasteiger partial charge in [0.25, 0.3) is 5.79 Å². The van der Waals surface area contributed by atoms with Gasteiger partial charge in [-0.15, -0.1) is 0 Å². The van der Waals surface area contributed by atoms with Gasteiger partial charge in [0.15, 0.2) is 21.3 Å². The standard InChI is InChI=1S/C20H28N2O5S/c1-14(19(23)22(2)16-8-11-28(24,25)13-16)21-15-6-7-17-18(12-15)27-20(26-17)9-4-3-5-10-20/h6-7,12,14,16,21H,3-5,8-11,13H2,1-2H3/t14-,16+/m1/s1. The van der Waals surface area contributed by atoms with Gasteiger partial charge in [0.1, 0.15) is 6.04 Å². The largest absolute Gasteiger partial charge is 0.448 e. The van der Waals surface area contributed by atoms with Crippen LogP contribution in [0.3, 0.4) is 0 Å². The lowest BCUT2D eigenvalue weighted by molar-refractivity contribution is -0.132. The number of benzene rings is 1. The Morgan fingerprint density at radius 2 is 1.93 bits per heavy atom. The molecule has 1 saturated heterocycles. The predicted octanol–water partition coefficient (Wildman–Crippen LogP) is 2.56. The van der Waals surface area contributed by atoms with Crippen LogP contribution < -0.4 is 14.8 Å². The van der Waals surface area contributed by atoms with Crippen molar-refractivity contribution in [2.24, 2.45) is 0 Å². The van der Waals surface area contributed by atoms with E-state index in [1.165, 1.54) is 6.42 Å². The van der Waals surface area contributed by atoms with Crippen LogP contribution in [-0.4, -0.2) is 55.6 Å². The van der Waals surface area contributed by atoms with Crippen LogP contribution in [0.15, 0.2) is 18.2 Å². The number of rotatable bonds is 4. The zero-order valence-electron chi connectivity index (χ0n) is 16.4. The first-order chi connectivity index (χ1) is 13.3. The molecular formula is C20H28N2O5S. The van der Waals surface area contributed by atoms with Gasteiger partial charge in [-0.3, -0.25) is 4.79 Å². The van der Waals surface area contributed by atoms with E-state index in [-0.39, 0.29) is 23.5 Å². The highest BCUT2D eigenvalue weighted by molar-refractivity contribution is 7.91. The van der Waals surface area contributed by atoms with Gasteiger partial charge >= 0.3 is 0 Å². The van der Waals surface area contributed by atoms with Crippen LogP contribution in [0.4, 0.5) is 5.69 Å². The monoisotopic (exact) mass is 408 g/mol. The molecule has 0 bridgehead atoms. The molecule has 1 aromatic carbocycles. The number of ether oxygens (including phenoxy) is 2. The number of carbonyl (C=O) groups excluding carboxylic acids is 1. The molecule has 4 rings (SSSR count). The zero-order valence-corrected chi connectivity index (χ0v) is 17.3. The lowest BCUT2D eigenvalue weighted by atomic mass is 9.94. The number of anilines is 1. The Morgan fingerprint density at radius 1 is 1.21 bits per heavy atom. The predicted molar refractivity (Wildman–Crippen MR) is 106 cm³/mol. The quantitative estimate of drug-likeness (QED) is 0.824. The van der Waals surface area contributed by atoms with Gasteiger partial charge in [-0.05, 0) is 38.3 Å². The summed E-state index contributed by atoms with van der Waals surface area (Å²) < 4.78 is 35.6. The number of hydrogen-bond donors (Lipinski definition) is 1. The number of amides is 1. The third-order valence-electron chi connectivity index (χ3n) is 6.01. The average molecular weight is 409 g/mol. The second kappa shape index (κ2) is 7.13. The molecule has 0 radical (unpaired) electrons. The van der Waals surface area contributed by atoms with Crippen molar-refractivity contribution in [1.82, 2.24) is 4.90 Å². The van der Waals surface area contributed by atoms with Crippen molar-refractivity contribution in [3.63, 3.8) is 0 Å². The normalized spacial score (nSPS) is 25.4. The first kappa shape index (κ1) is 19.4. The SMILES string of the molecule is C[C@@H](Nc1ccc2c(c1)OC1(CCCCC1)O2)C(=O)N(C)[C@H]1CCS(=O)(=O)C1. The van der Waals surface area contributed by atoms with Gasteiger partial charge in [-0.2, -0.15) is 0 Å². The molecule has 2 fully saturated rings. The molecule has 2 aliphatic heterocycles. The van der Waals surface area contributed by atoms with Crippen molar-refractivity contribution in [3.05, 3.63) is 18.2 Å². The topological polar surface area (TPSA) is 84.9 Å². The number of nitrogens with zero attached hydrogens (tertiary/aromatic N) is 1. The summed E-state index contributed by atoms with van der Waals surface area (Å²) in [6.07, 6.45) is 5.72. The van der Waals surface area contributed by atoms with Crippen LogP contribution in [0, 0.1) is 0 Å². The molecular weight excluding hydrogens is 380 g/mol. The molecule has 1 N–H and O–H groups in total. The van der Waals surface area contributed by atoms with Gasteiger partial charge in [0.05, 0.1) is 11.5 Å². The third kappa shape index (κ3) is 3.79. The lowest BCUT2D eigenvalue weighted by Gasteiger charge is -2.31. The van der Waals surface area contributed by atoms with E-state index >= 15 is 0 Å². The van der Waals surface area contributed by atoms with E-state index < -0.39 is 21.7 Å². The molecule has 2 atom stereocenters. The van der Waals surface area contributed by atoms with Gasteiger partial charge < -0.3 is 19.7 Å². The highest BCUT2D eigenvalue weighted by Gasteiger charge is 2.42. The Kier molecular flexibility index (Phi) is 4.93. The van der Waals surface area contributed by atoms with Crippen molar-refractivity contribution in [2.75, 3.05) is 23.9 Å². The minimum Gasteiger partial charge on any atom is -0.448 e. The summed E-state index contributed by atoms with van der Waals surface area (Å²) in [5, 5.41) is 3.21. The Balaban J connectivity index is 1.40. The van der Waals surface area contributed by atoms with Crippen LogP contribution in [0.2, 0.25) is 0 Å². The van der Waals surface area contributed by atoms with E-state index in [2.05, 4.69) is 5.32 Å². The van der Waals surface area contributed by atoms with Gasteiger partial charge in [0, 0.05) is 37.7 Å². The second-order valence-corrected chi connectivity index (χ2v) is 10.4. The molecule has 1 amide bonds. The molecule has 154 valence electrons. The molecule has 1 saturated carbocycles. The van der Waals surface area contributed by atoms with E-state index in [1.54, 1.807) is 18.9 Å². The first-order valence-electron chi connectivity index (χ1n) is 10.0. The van der Waals surface area contributed by atoms with E-state index in [0.29, 0.717) is 12.2 Å². The molecule has 7 nitrogen and oxygen atoms in total. The van der Waals surface area contributed by atoms with E-state index in [1.807, 2.05) is 18.2 Å². The molecule has 0 aromatic heterocycles. The number of carbonyl (C=O) groups is 1. The zero-order chi connectivity index (χ0) is 19.9. The molecule has 2 heterocycles. The summed E-state index contributed by atoms with van der Waals surface area (Å²) in [7, 11) is -1.34. The molecule has 3 aliphatic rings. The van der Waals surface area contributed by atoms with Crippen molar-refractivity contribution in [2.45, 2.75) is 63.3 Å². The van der Waals surface area contributed by atoms with E-state index in [4.69, 9.17) is 9.47 Å². The summed E-state index contributed by atoms with van der Waals surface area (Å²) in [5.41, 5.74) is 0.781. The fraction of sp³-hybridized carbons (Fsp3) is 0.650. The van der Waals surface area contributed by atoms with E-state index in [9.17, 15) is 13.2 Å². The Morgan fingerprint density at radius 3 is 2.61 bits per heavy atom. The van der Waals surface area contributed by atoms with Gasteiger partial charge in [0.2, 0.25) is 5.91 Å². The first-order valence-corrected chi connectivity index (χ1v) is 11.8. The summed E-state index contributed by atoms with van der Waals surface area (Å²) >= 11 is 0. The molecule has 28 heavy (non-hydrogen) atoms. The van der Waals surface area contributed by atoms with Crippen molar-refractivity contribution in [3.8, 4) is 11.5 Å². The molecule has 1 spiro atoms. The summed E-state index contributed by atoms with van der Waals surface area (Å²) in [6.45, 7) is 1.79. The molecule has 8 heteroatoms. The molecule has 1 aliphatic carbocycles. The number of hydrogen-bond acceptors (Lipinski definition) is 6. The Bertz CT molecular complexity index is 863. The van der Waals surface area contributed by atoms with Crippen molar-refractivity contribution >= 4 is 21.4 Å². The third-order valence-corrected chi connectivity index (χ3v) is 7.76. The number of sulfone groups is 1. The van der Waals surface area contributed by atoms with Crippen LogP contribution in [0.5, 0.6) is 11.5 Å². The van der Waals surface area contributed by atoms with Gasteiger partial charge in [-0.25, -0.2) is 8.42 Å². The number of nitrogens with one attached hydrogen (secondary N) is 1.